The number of carbonyl (C=O) groups is 1. The van der Waals surface area contributed by atoms with Gasteiger partial charge in [-0.15, -0.1) is 0 Å². The van der Waals surface area contributed by atoms with Crippen LogP contribution >= 0.6 is 11.6 Å². The molecule has 0 aliphatic heterocycles. The molecule has 0 saturated heterocycles. The van der Waals surface area contributed by atoms with Crippen LogP contribution in [0.4, 0.5) is 5.82 Å². The predicted octanol–water partition coefficient (Wildman–Crippen LogP) is 4.65. The van der Waals surface area contributed by atoms with E-state index in [0.29, 0.717) is 35.2 Å². The van der Waals surface area contributed by atoms with Crippen LogP contribution in [0.15, 0.2) is 42.6 Å². The first-order chi connectivity index (χ1) is 15.9. The summed E-state index contributed by atoms with van der Waals surface area (Å²) in [6, 6.07) is 10.9. The summed E-state index contributed by atoms with van der Waals surface area (Å²) in [7, 11) is 3.23. The van der Waals surface area contributed by atoms with Gasteiger partial charge in [0.15, 0.2) is 5.65 Å². The van der Waals surface area contributed by atoms with Crippen LogP contribution in [-0.4, -0.2) is 39.7 Å². The fourth-order valence-electron chi connectivity index (χ4n) is 3.72. The Hall–Kier alpha value is -3.65. The molecule has 1 amide bonds. The molecule has 9 heteroatoms. The van der Waals surface area contributed by atoms with Crippen molar-refractivity contribution in [2.75, 3.05) is 19.5 Å². The number of amides is 1. The molecule has 1 aromatic carbocycles. The van der Waals surface area contributed by atoms with Crippen molar-refractivity contribution in [1.29, 1.82) is 0 Å². The molecule has 0 aliphatic rings. The van der Waals surface area contributed by atoms with E-state index in [1.165, 1.54) is 6.20 Å². The molecular formula is C24H24ClN5O3. The van der Waals surface area contributed by atoms with Gasteiger partial charge in [0.25, 0.3) is 0 Å². The topological polar surface area (TPSA) is 90.6 Å². The molecule has 0 spiro atoms. The summed E-state index contributed by atoms with van der Waals surface area (Å²) in [5, 5.41) is 8.07. The average molecular weight is 466 g/mol. The summed E-state index contributed by atoms with van der Waals surface area (Å²) in [5.74, 6) is 1.71. The average Bonchev–Trinajstić information content (AvgIpc) is 3.23. The normalized spacial score (nSPS) is 10.9. The summed E-state index contributed by atoms with van der Waals surface area (Å²) in [6.07, 6.45) is 2.32. The molecule has 0 aliphatic carbocycles. The van der Waals surface area contributed by atoms with Crippen LogP contribution in [0.25, 0.3) is 16.9 Å². The Morgan fingerprint density at radius 3 is 2.64 bits per heavy atom. The number of nitrogens with zero attached hydrogens (tertiary/aromatic N) is 4. The van der Waals surface area contributed by atoms with Crippen LogP contribution < -0.4 is 14.8 Å². The minimum atomic E-state index is -0.132. The Labute approximate surface area is 196 Å². The lowest BCUT2D eigenvalue weighted by Gasteiger charge is -2.11. The molecule has 4 rings (SSSR count). The fraction of sp³-hybridized carbons (Fsp3) is 0.250. The van der Waals surface area contributed by atoms with Crippen molar-refractivity contribution in [3.8, 4) is 22.8 Å². The van der Waals surface area contributed by atoms with Gasteiger partial charge in [0, 0.05) is 41.7 Å². The third-order valence-electron chi connectivity index (χ3n) is 5.45. The highest BCUT2D eigenvalue weighted by Crippen LogP contribution is 2.33. The first kappa shape index (κ1) is 22.5. The van der Waals surface area contributed by atoms with Gasteiger partial charge < -0.3 is 14.8 Å². The first-order valence-corrected chi connectivity index (χ1v) is 10.8. The lowest BCUT2D eigenvalue weighted by atomic mass is 10.1. The summed E-state index contributed by atoms with van der Waals surface area (Å²) in [5.41, 5.74) is 5.11. The van der Waals surface area contributed by atoms with Crippen LogP contribution in [0, 0.1) is 13.8 Å². The maximum absolute atomic E-state index is 12.4. The van der Waals surface area contributed by atoms with Crippen molar-refractivity contribution in [3.63, 3.8) is 0 Å². The summed E-state index contributed by atoms with van der Waals surface area (Å²) in [6.45, 7) is 3.93. The Kier molecular flexibility index (Phi) is 6.46. The number of hydrogen-bond acceptors (Lipinski definition) is 6. The van der Waals surface area contributed by atoms with E-state index in [1.54, 1.807) is 30.9 Å². The number of fused-ring (bicyclic) bond motifs is 1. The zero-order chi connectivity index (χ0) is 23.5. The number of nitrogens with one attached hydrogen (secondary N) is 1. The number of methoxy groups -OCH3 is 2. The molecule has 0 radical (unpaired) electrons. The van der Waals surface area contributed by atoms with Gasteiger partial charge in [-0.2, -0.15) is 5.10 Å². The van der Waals surface area contributed by atoms with Gasteiger partial charge in [-0.1, -0.05) is 11.6 Å². The lowest BCUT2D eigenvalue weighted by Crippen LogP contribution is -2.15. The zero-order valence-electron chi connectivity index (χ0n) is 18.8. The van der Waals surface area contributed by atoms with Gasteiger partial charge in [0.2, 0.25) is 5.91 Å². The van der Waals surface area contributed by atoms with E-state index in [-0.39, 0.29) is 5.91 Å². The molecule has 1 N–H and O–H groups in total. The number of rotatable bonds is 7. The summed E-state index contributed by atoms with van der Waals surface area (Å²) >= 11 is 5.84. The number of benzene rings is 1. The molecular weight excluding hydrogens is 442 g/mol. The minimum Gasteiger partial charge on any atom is -0.497 e. The van der Waals surface area contributed by atoms with Crippen LogP contribution in [0.3, 0.4) is 0 Å². The molecule has 0 bridgehead atoms. The highest BCUT2D eigenvalue weighted by Gasteiger charge is 2.17. The lowest BCUT2D eigenvalue weighted by molar-refractivity contribution is -0.116. The number of carbonyl (C=O) groups excluding carboxylic acids is 1. The Morgan fingerprint density at radius 1 is 1.12 bits per heavy atom. The second kappa shape index (κ2) is 9.46. The van der Waals surface area contributed by atoms with Crippen molar-refractivity contribution in [1.82, 2.24) is 19.6 Å². The molecule has 3 aromatic heterocycles. The smallest absolute Gasteiger partial charge is 0.225 e. The van der Waals surface area contributed by atoms with Crippen LogP contribution in [-0.2, 0) is 11.2 Å². The van der Waals surface area contributed by atoms with E-state index in [2.05, 4.69) is 10.3 Å². The highest BCUT2D eigenvalue weighted by atomic mass is 35.5. The minimum absolute atomic E-state index is 0.132. The van der Waals surface area contributed by atoms with E-state index >= 15 is 0 Å². The van der Waals surface area contributed by atoms with Crippen molar-refractivity contribution in [2.45, 2.75) is 26.7 Å². The zero-order valence-corrected chi connectivity index (χ0v) is 19.6. The molecule has 0 unspecified atom stereocenters. The van der Waals surface area contributed by atoms with Crippen molar-refractivity contribution in [2.24, 2.45) is 0 Å². The van der Waals surface area contributed by atoms with E-state index in [1.807, 2.05) is 38.1 Å². The number of aryl methyl sites for hydroxylation is 2. The van der Waals surface area contributed by atoms with Gasteiger partial charge in [-0.25, -0.2) is 14.5 Å². The van der Waals surface area contributed by atoms with Crippen LogP contribution in [0.1, 0.15) is 23.4 Å². The SMILES string of the molecule is COc1ccc(-c2cc3nc(C)c(CCC(=O)Nc4ccc(Cl)cn4)c(C)n3n2)c(OC)c1. The van der Waals surface area contributed by atoms with Gasteiger partial charge in [-0.05, 0) is 50.1 Å². The molecule has 8 nitrogen and oxygen atoms in total. The van der Waals surface area contributed by atoms with E-state index < -0.39 is 0 Å². The molecule has 170 valence electrons. The van der Waals surface area contributed by atoms with Crippen molar-refractivity contribution in [3.05, 3.63) is 64.6 Å². The van der Waals surface area contributed by atoms with Crippen molar-refractivity contribution >= 4 is 29.0 Å². The quantitative estimate of drug-likeness (QED) is 0.427. The number of halogens is 1. The van der Waals surface area contributed by atoms with Crippen LogP contribution in [0.5, 0.6) is 11.5 Å². The maximum atomic E-state index is 12.4. The van der Waals surface area contributed by atoms with Gasteiger partial charge in [0.05, 0.1) is 24.9 Å². The number of hydrogen-bond donors (Lipinski definition) is 1. The van der Waals surface area contributed by atoms with E-state index in [4.69, 9.17) is 31.2 Å². The largest absolute Gasteiger partial charge is 0.497 e. The molecule has 4 aromatic rings. The Balaban J connectivity index is 1.58. The van der Waals surface area contributed by atoms with Crippen LogP contribution in [0.2, 0.25) is 5.02 Å². The second-order valence-corrected chi connectivity index (χ2v) is 7.97. The fourth-order valence-corrected chi connectivity index (χ4v) is 3.84. The molecule has 0 atom stereocenters. The van der Waals surface area contributed by atoms with Gasteiger partial charge >= 0.3 is 0 Å². The third kappa shape index (κ3) is 4.75. The van der Waals surface area contributed by atoms with Gasteiger partial charge in [0.1, 0.15) is 17.3 Å². The number of anilines is 1. The molecule has 0 saturated carbocycles. The number of ether oxygens (including phenoxy) is 2. The van der Waals surface area contributed by atoms with Gasteiger partial charge in [-0.3, -0.25) is 4.79 Å². The highest BCUT2D eigenvalue weighted by molar-refractivity contribution is 6.30. The third-order valence-corrected chi connectivity index (χ3v) is 5.67. The first-order valence-electron chi connectivity index (χ1n) is 10.4. The van der Waals surface area contributed by atoms with E-state index in [9.17, 15) is 4.79 Å². The van der Waals surface area contributed by atoms with Crippen molar-refractivity contribution < 1.29 is 14.3 Å². The molecule has 33 heavy (non-hydrogen) atoms. The standard InChI is InChI=1S/C24H24ClN5O3/c1-14-18(8-10-24(31)28-22-9-5-16(25)13-26-22)15(2)30-23(27-14)12-20(29-30)19-7-6-17(32-3)11-21(19)33-4/h5-7,9,11-13H,8,10H2,1-4H3,(H,26,28,31). The van der Waals surface area contributed by atoms with E-state index in [0.717, 1.165) is 33.9 Å². The molecule has 3 heterocycles. The molecule has 0 fully saturated rings. The Bertz CT molecular complexity index is 1320. The summed E-state index contributed by atoms with van der Waals surface area (Å²) in [4.78, 5) is 21.2. The monoisotopic (exact) mass is 465 g/mol. The second-order valence-electron chi connectivity index (χ2n) is 7.54. The maximum Gasteiger partial charge on any atom is 0.225 e. The summed E-state index contributed by atoms with van der Waals surface area (Å²) < 4.78 is 12.6. The number of aromatic nitrogens is 4. The number of pyridine rings is 1. The predicted molar refractivity (Wildman–Crippen MR) is 127 cm³/mol. The Morgan fingerprint density at radius 2 is 1.94 bits per heavy atom.